The fourth-order valence-corrected chi connectivity index (χ4v) is 3.31. The van der Waals surface area contributed by atoms with Crippen LogP contribution in [-0.4, -0.2) is 18.8 Å². The molecule has 1 heterocycles. The first-order valence-corrected chi connectivity index (χ1v) is 9.10. The summed E-state index contributed by atoms with van der Waals surface area (Å²) >= 11 is 0. The van der Waals surface area contributed by atoms with E-state index in [1.807, 2.05) is 0 Å². The van der Waals surface area contributed by atoms with Crippen molar-refractivity contribution in [1.29, 1.82) is 5.26 Å². The molecule has 0 fully saturated rings. The molecule has 0 aliphatic heterocycles. The van der Waals surface area contributed by atoms with Crippen LogP contribution in [-0.2, 0) is 10.1 Å². The number of para-hydroxylation sites is 1. The fourth-order valence-electron chi connectivity index (χ4n) is 2.54. The summed E-state index contributed by atoms with van der Waals surface area (Å²) in [6.07, 6.45) is -0.310. The van der Waals surface area contributed by atoms with Gasteiger partial charge in [0.25, 0.3) is 10.1 Å². The predicted molar refractivity (Wildman–Crippen MR) is 95.1 cm³/mol. The van der Waals surface area contributed by atoms with Gasteiger partial charge in [0.2, 0.25) is 5.78 Å². The number of benzene rings is 2. The normalized spacial score (nSPS) is 12.5. The van der Waals surface area contributed by atoms with Gasteiger partial charge >= 0.3 is 0 Å². The Morgan fingerprint density at radius 1 is 1.19 bits per heavy atom. The quantitative estimate of drug-likeness (QED) is 0.503. The van der Waals surface area contributed by atoms with Crippen LogP contribution in [0.4, 0.5) is 5.69 Å². The molecule has 2 N–H and O–H groups in total. The fraction of sp³-hybridized carbons (Fsp3) is 0.111. The molecule has 7 nitrogen and oxygen atoms in total. The van der Waals surface area contributed by atoms with Crippen molar-refractivity contribution in [3.8, 4) is 6.07 Å². The van der Waals surface area contributed by atoms with Crippen molar-refractivity contribution in [3.63, 3.8) is 0 Å². The van der Waals surface area contributed by atoms with Crippen molar-refractivity contribution in [3.05, 3.63) is 65.9 Å². The molecule has 3 rings (SSSR count). The second-order valence-corrected chi connectivity index (χ2v) is 7.07. The molecular weight excluding hydrogens is 356 g/mol. The molecule has 0 saturated heterocycles. The lowest BCUT2D eigenvalue weighted by molar-refractivity contribution is 0.0973. The lowest BCUT2D eigenvalue weighted by Gasteiger charge is -2.17. The van der Waals surface area contributed by atoms with E-state index in [0.29, 0.717) is 16.7 Å². The molecule has 0 saturated carbocycles. The number of carbonyl (C=O) groups excluding carboxylic acids is 1. The van der Waals surface area contributed by atoms with Gasteiger partial charge in [-0.3, -0.25) is 9.35 Å². The van der Waals surface area contributed by atoms with Gasteiger partial charge in [-0.25, -0.2) is 0 Å². The number of nitrogens with zero attached hydrogens (tertiary/aromatic N) is 1. The average molecular weight is 370 g/mol. The van der Waals surface area contributed by atoms with Gasteiger partial charge in [-0.2, -0.15) is 13.7 Å². The van der Waals surface area contributed by atoms with Crippen LogP contribution in [0.5, 0.6) is 0 Å². The Morgan fingerprint density at radius 3 is 2.58 bits per heavy atom. The van der Waals surface area contributed by atoms with E-state index in [1.54, 1.807) is 36.4 Å². The summed E-state index contributed by atoms with van der Waals surface area (Å²) < 4.78 is 38.7. The molecule has 0 aliphatic carbocycles. The predicted octanol–water partition coefficient (Wildman–Crippen LogP) is 3.53. The van der Waals surface area contributed by atoms with Crippen LogP contribution < -0.4 is 5.32 Å². The highest BCUT2D eigenvalue weighted by atomic mass is 32.2. The number of nitriles is 1. The zero-order valence-electron chi connectivity index (χ0n) is 13.4. The van der Waals surface area contributed by atoms with E-state index >= 15 is 0 Å². The summed E-state index contributed by atoms with van der Waals surface area (Å²) in [6.45, 7) is 0. The lowest BCUT2D eigenvalue weighted by Crippen LogP contribution is -2.20. The molecule has 3 aromatic rings. The van der Waals surface area contributed by atoms with Crippen molar-refractivity contribution in [2.45, 2.75) is 11.8 Å². The zero-order chi connectivity index (χ0) is 18.7. The van der Waals surface area contributed by atoms with Crippen molar-refractivity contribution in [2.24, 2.45) is 0 Å². The van der Waals surface area contributed by atoms with Gasteiger partial charge in [-0.1, -0.05) is 24.3 Å². The van der Waals surface area contributed by atoms with Gasteiger partial charge in [-0.05, 0) is 35.9 Å². The van der Waals surface area contributed by atoms with E-state index in [0.717, 1.165) is 0 Å². The van der Waals surface area contributed by atoms with Gasteiger partial charge in [-0.15, -0.1) is 0 Å². The monoisotopic (exact) mass is 370 g/mol. The maximum Gasteiger partial charge on any atom is 0.290 e. The van der Waals surface area contributed by atoms with E-state index < -0.39 is 21.3 Å². The number of rotatable bonds is 6. The number of carbonyl (C=O) groups is 1. The van der Waals surface area contributed by atoms with E-state index in [2.05, 4.69) is 5.32 Å². The third-order valence-corrected chi connectivity index (χ3v) is 4.71. The molecular formula is C18H14N2O5S. The SMILES string of the molecule is N#CCC(=O)c1cc2cc(C(Nc3ccccc3)S(=O)(=O)O)ccc2o1. The van der Waals surface area contributed by atoms with Gasteiger partial charge < -0.3 is 9.73 Å². The molecule has 0 aliphatic rings. The third-order valence-electron chi connectivity index (χ3n) is 3.73. The Balaban J connectivity index is 2.00. The Hall–Kier alpha value is -3.15. The molecule has 26 heavy (non-hydrogen) atoms. The highest BCUT2D eigenvalue weighted by molar-refractivity contribution is 7.86. The second kappa shape index (κ2) is 7.00. The highest BCUT2D eigenvalue weighted by Gasteiger charge is 2.26. The minimum absolute atomic E-state index is 0.0260. The number of Topliss-reactive ketones (excluding diaryl/α,β-unsaturated/α-hetero) is 1. The summed E-state index contributed by atoms with van der Waals surface area (Å²) in [5.41, 5.74) is 1.18. The maximum atomic E-state index is 11.9. The lowest BCUT2D eigenvalue weighted by atomic mass is 10.1. The number of ketones is 1. The number of hydrogen-bond donors (Lipinski definition) is 2. The zero-order valence-corrected chi connectivity index (χ0v) is 14.2. The minimum Gasteiger partial charge on any atom is -0.453 e. The Labute approximate surface area is 149 Å². The van der Waals surface area contributed by atoms with Crippen LogP contribution in [0.15, 0.2) is 59.0 Å². The molecule has 0 spiro atoms. The maximum absolute atomic E-state index is 11.9. The summed E-state index contributed by atoms with van der Waals surface area (Å²) in [7, 11) is -4.45. The largest absolute Gasteiger partial charge is 0.453 e. The van der Waals surface area contributed by atoms with Crippen LogP contribution in [0.25, 0.3) is 11.0 Å². The highest BCUT2D eigenvalue weighted by Crippen LogP contribution is 2.29. The topological polar surface area (TPSA) is 120 Å². The number of fused-ring (bicyclic) bond motifs is 1. The number of furan rings is 1. The second-order valence-electron chi connectivity index (χ2n) is 5.57. The molecule has 8 heteroatoms. The first kappa shape index (κ1) is 17.7. The van der Waals surface area contributed by atoms with Crippen molar-refractivity contribution in [2.75, 3.05) is 5.32 Å². The van der Waals surface area contributed by atoms with Crippen LogP contribution in [0.3, 0.4) is 0 Å². The Kier molecular flexibility index (Phi) is 4.75. The minimum atomic E-state index is -4.45. The molecule has 0 bridgehead atoms. The van der Waals surface area contributed by atoms with Crippen LogP contribution >= 0.6 is 0 Å². The van der Waals surface area contributed by atoms with Crippen LogP contribution in [0, 0.1) is 11.3 Å². The number of nitrogens with one attached hydrogen (secondary N) is 1. The van der Waals surface area contributed by atoms with E-state index in [-0.39, 0.29) is 17.7 Å². The van der Waals surface area contributed by atoms with Crippen molar-refractivity contribution >= 4 is 32.6 Å². The van der Waals surface area contributed by atoms with Gasteiger partial charge in [0.1, 0.15) is 12.0 Å². The van der Waals surface area contributed by atoms with Gasteiger partial charge in [0.15, 0.2) is 11.1 Å². The van der Waals surface area contributed by atoms with Crippen LogP contribution in [0.2, 0.25) is 0 Å². The number of anilines is 1. The van der Waals surface area contributed by atoms with Crippen LogP contribution in [0.1, 0.15) is 27.9 Å². The molecule has 132 valence electrons. The first-order chi connectivity index (χ1) is 12.4. The summed E-state index contributed by atoms with van der Waals surface area (Å²) in [4.78, 5) is 11.8. The third kappa shape index (κ3) is 3.74. The molecule has 1 atom stereocenters. The first-order valence-electron chi connectivity index (χ1n) is 7.60. The van der Waals surface area contributed by atoms with Gasteiger partial charge in [0, 0.05) is 11.1 Å². The number of hydrogen-bond acceptors (Lipinski definition) is 6. The molecule has 2 aromatic carbocycles. The van der Waals surface area contributed by atoms with E-state index in [1.165, 1.54) is 24.3 Å². The Bertz CT molecular complexity index is 1100. The summed E-state index contributed by atoms with van der Waals surface area (Å²) in [6, 6.07) is 16.3. The summed E-state index contributed by atoms with van der Waals surface area (Å²) in [5, 5.41) is 10.5. The standard InChI is InChI=1S/C18H14N2O5S/c19-9-8-15(21)17-11-13-10-12(6-7-16(13)25-17)18(26(22,23)24)20-14-4-2-1-3-5-14/h1-7,10-11,18,20H,8H2,(H,22,23,24). The van der Waals surface area contributed by atoms with E-state index in [9.17, 15) is 17.8 Å². The molecule has 1 unspecified atom stereocenters. The molecule has 0 amide bonds. The summed E-state index contributed by atoms with van der Waals surface area (Å²) in [5.74, 6) is -0.433. The smallest absolute Gasteiger partial charge is 0.290 e. The molecule has 0 radical (unpaired) electrons. The van der Waals surface area contributed by atoms with Crippen molar-refractivity contribution < 1.29 is 22.2 Å². The van der Waals surface area contributed by atoms with Crippen molar-refractivity contribution in [1.82, 2.24) is 0 Å². The molecule has 1 aromatic heterocycles. The average Bonchev–Trinajstić information content (AvgIpc) is 3.03. The Morgan fingerprint density at radius 2 is 1.92 bits per heavy atom. The van der Waals surface area contributed by atoms with Gasteiger partial charge in [0.05, 0.1) is 6.07 Å². The van der Waals surface area contributed by atoms with E-state index in [4.69, 9.17) is 9.68 Å².